The molecule has 7 nitrogen and oxygen atoms in total. The van der Waals surface area contributed by atoms with Crippen molar-refractivity contribution >= 4 is 17.5 Å². The first kappa shape index (κ1) is 18.1. The number of rotatable bonds is 8. The van der Waals surface area contributed by atoms with Gasteiger partial charge in [-0.15, -0.1) is 0 Å². The van der Waals surface area contributed by atoms with Crippen LogP contribution >= 0.6 is 11.6 Å². The van der Waals surface area contributed by atoms with E-state index in [4.69, 9.17) is 26.2 Å². The molecule has 8 heteroatoms. The maximum atomic E-state index is 12.0. The molecule has 130 valence electrons. The zero-order valence-electron chi connectivity index (χ0n) is 13.5. The Morgan fingerprint density at radius 2 is 2.25 bits per heavy atom. The van der Waals surface area contributed by atoms with Crippen LogP contribution in [-0.2, 0) is 6.61 Å². The summed E-state index contributed by atoms with van der Waals surface area (Å²) >= 11 is 6.10. The number of aliphatic hydroxyl groups excluding tert-OH is 1. The number of halogens is 1. The van der Waals surface area contributed by atoms with E-state index in [0.717, 1.165) is 0 Å². The largest absolute Gasteiger partial charge is 0.497 e. The summed E-state index contributed by atoms with van der Waals surface area (Å²) in [5.41, 5.74) is 0.904. The SMILES string of the molecule is COc1ccc(OCc2cc(C(=O)N[C@@H](C)CCO)n[nH]2)c(Cl)c1. The second-order valence-electron chi connectivity index (χ2n) is 5.25. The summed E-state index contributed by atoms with van der Waals surface area (Å²) < 4.78 is 10.7. The quantitative estimate of drug-likeness (QED) is 0.675. The van der Waals surface area contributed by atoms with Gasteiger partial charge < -0.3 is 19.9 Å². The third-order valence-corrected chi connectivity index (χ3v) is 3.62. The van der Waals surface area contributed by atoms with Crippen LogP contribution in [0.4, 0.5) is 0 Å². The number of ether oxygens (including phenoxy) is 2. The summed E-state index contributed by atoms with van der Waals surface area (Å²) in [6.45, 7) is 2.03. The van der Waals surface area contributed by atoms with Crippen LogP contribution in [0.15, 0.2) is 24.3 Å². The van der Waals surface area contributed by atoms with Crippen molar-refractivity contribution in [2.75, 3.05) is 13.7 Å². The summed E-state index contributed by atoms with van der Waals surface area (Å²) in [5.74, 6) is 0.848. The van der Waals surface area contributed by atoms with Crippen LogP contribution in [0, 0.1) is 0 Å². The van der Waals surface area contributed by atoms with Crippen molar-refractivity contribution in [1.82, 2.24) is 15.5 Å². The second kappa shape index (κ2) is 8.56. The smallest absolute Gasteiger partial charge is 0.271 e. The van der Waals surface area contributed by atoms with E-state index in [9.17, 15) is 4.79 Å². The van der Waals surface area contributed by atoms with Gasteiger partial charge in [-0.25, -0.2) is 0 Å². The lowest BCUT2D eigenvalue weighted by Crippen LogP contribution is -2.33. The molecule has 0 unspecified atom stereocenters. The fourth-order valence-electron chi connectivity index (χ4n) is 2.00. The Kier molecular flexibility index (Phi) is 6.45. The van der Waals surface area contributed by atoms with Crippen molar-refractivity contribution in [1.29, 1.82) is 0 Å². The Bertz CT molecular complexity index is 690. The summed E-state index contributed by atoms with van der Waals surface area (Å²) in [6, 6.07) is 6.60. The zero-order chi connectivity index (χ0) is 17.5. The molecule has 1 aromatic carbocycles. The molecule has 0 aliphatic heterocycles. The van der Waals surface area contributed by atoms with E-state index in [1.807, 2.05) is 6.92 Å². The van der Waals surface area contributed by atoms with Gasteiger partial charge in [0.2, 0.25) is 0 Å². The van der Waals surface area contributed by atoms with Crippen LogP contribution in [0.2, 0.25) is 5.02 Å². The fraction of sp³-hybridized carbons (Fsp3) is 0.375. The molecule has 0 aliphatic carbocycles. The minimum absolute atomic E-state index is 0.0176. The maximum absolute atomic E-state index is 12.0. The number of benzene rings is 1. The lowest BCUT2D eigenvalue weighted by atomic mass is 10.2. The van der Waals surface area contributed by atoms with E-state index >= 15 is 0 Å². The Morgan fingerprint density at radius 3 is 2.92 bits per heavy atom. The molecular weight excluding hydrogens is 334 g/mol. The summed E-state index contributed by atoms with van der Waals surface area (Å²) in [7, 11) is 1.56. The fourth-order valence-corrected chi connectivity index (χ4v) is 2.22. The van der Waals surface area contributed by atoms with E-state index in [1.165, 1.54) is 0 Å². The molecule has 0 spiro atoms. The molecule has 0 aliphatic rings. The first-order valence-electron chi connectivity index (χ1n) is 7.45. The predicted octanol–water partition coefficient (Wildman–Crippen LogP) is 2.15. The van der Waals surface area contributed by atoms with Crippen molar-refractivity contribution < 1.29 is 19.4 Å². The summed E-state index contributed by atoms with van der Waals surface area (Å²) in [6.07, 6.45) is 0.488. The predicted molar refractivity (Wildman–Crippen MR) is 89.6 cm³/mol. The highest BCUT2D eigenvalue weighted by atomic mass is 35.5. The Morgan fingerprint density at radius 1 is 1.46 bits per heavy atom. The highest BCUT2D eigenvalue weighted by Gasteiger charge is 2.13. The molecule has 0 radical (unpaired) electrons. The lowest BCUT2D eigenvalue weighted by Gasteiger charge is -2.10. The van der Waals surface area contributed by atoms with Crippen LogP contribution in [0.1, 0.15) is 29.5 Å². The number of amides is 1. The number of methoxy groups -OCH3 is 1. The maximum Gasteiger partial charge on any atom is 0.271 e. The van der Waals surface area contributed by atoms with Gasteiger partial charge in [-0.1, -0.05) is 11.6 Å². The van der Waals surface area contributed by atoms with Crippen molar-refractivity contribution in [3.63, 3.8) is 0 Å². The molecule has 2 rings (SSSR count). The lowest BCUT2D eigenvalue weighted by molar-refractivity contribution is 0.0929. The Labute approximate surface area is 144 Å². The van der Waals surface area contributed by atoms with Crippen LogP contribution in [0.5, 0.6) is 11.5 Å². The standard InChI is InChI=1S/C16H20ClN3O4/c1-10(5-6-21)18-16(22)14-7-11(19-20-14)9-24-15-4-3-12(23-2)8-13(15)17/h3-4,7-8,10,21H,5-6,9H2,1-2H3,(H,18,22)(H,19,20)/t10-/m0/s1. The first-order chi connectivity index (χ1) is 11.5. The van der Waals surface area contributed by atoms with Crippen LogP contribution in [0.25, 0.3) is 0 Å². The topological polar surface area (TPSA) is 96.5 Å². The summed E-state index contributed by atoms with van der Waals surface area (Å²) in [4.78, 5) is 12.0. The number of aromatic nitrogens is 2. The van der Waals surface area contributed by atoms with E-state index in [0.29, 0.717) is 28.6 Å². The number of nitrogens with one attached hydrogen (secondary N) is 2. The number of hydrogen-bond acceptors (Lipinski definition) is 5. The van der Waals surface area contributed by atoms with E-state index in [-0.39, 0.29) is 30.9 Å². The van der Waals surface area contributed by atoms with E-state index < -0.39 is 0 Å². The monoisotopic (exact) mass is 353 g/mol. The van der Waals surface area contributed by atoms with E-state index in [2.05, 4.69) is 15.5 Å². The molecule has 0 fully saturated rings. The van der Waals surface area contributed by atoms with Crippen molar-refractivity contribution in [3.8, 4) is 11.5 Å². The van der Waals surface area contributed by atoms with Gasteiger partial charge >= 0.3 is 0 Å². The molecule has 24 heavy (non-hydrogen) atoms. The zero-order valence-corrected chi connectivity index (χ0v) is 14.3. The van der Waals surface area contributed by atoms with Gasteiger partial charge in [-0.2, -0.15) is 5.10 Å². The van der Waals surface area contributed by atoms with Gasteiger partial charge in [0.1, 0.15) is 23.8 Å². The van der Waals surface area contributed by atoms with Gasteiger partial charge in [0.15, 0.2) is 0 Å². The minimum atomic E-state index is -0.305. The van der Waals surface area contributed by atoms with Crippen molar-refractivity contribution in [2.24, 2.45) is 0 Å². The molecule has 0 saturated carbocycles. The Hall–Kier alpha value is -2.25. The summed E-state index contributed by atoms with van der Waals surface area (Å²) in [5, 5.41) is 18.7. The number of carbonyl (C=O) groups is 1. The number of aliphatic hydroxyl groups is 1. The molecule has 1 amide bonds. The molecule has 3 N–H and O–H groups in total. The number of hydrogen-bond donors (Lipinski definition) is 3. The molecule has 2 aromatic rings. The third kappa shape index (κ3) is 4.87. The highest BCUT2D eigenvalue weighted by molar-refractivity contribution is 6.32. The van der Waals surface area contributed by atoms with Gasteiger partial charge in [-0.3, -0.25) is 9.89 Å². The average molecular weight is 354 g/mol. The molecule has 0 bridgehead atoms. The normalized spacial score (nSPS) is 11.8. The number of H-pyrrole nitrogens is 1. The van der Waals surface area contributed by atoms with Crippen LogP contribution in [0.3, 0.4) is 0 Å². The van der Waals surface area contributed by atoms with Crippen LogP contribution in [-0.4, -0.2) is 41.0 Å². The molecule has 1 heterocycles. The molecular formula is C16H20ClN3O4. The van der Waals surface area contributed by atoms with Crippen LogP contribution < -0.4 is 14.8 Å². The number of carbonyl (C=O) groups excluding carboxylic acids is 1. The van der Waals surface area contributed by atoms with E-state index in [1.54, 1.807) is 31.4 Å². The molecule has 1 atom stereocenters. The molecule has 1 aromatic heterocycles. The third-order valence-electron chi connectivity index (χ3n) is 3.33. The number of nitrogens with zero attached hydrogens (tertiary/aromatic N) is 1. The molecule has 0 saturated heterocycles. The van der Waals surface area contributed by atoms with Crippen molar-refractivity contribution in [3.05, 3.63) is 40.7 Å². The number of aromatic amines is 1. The Balaban J connectivity index is 1.93. The van der Waals surface area contributed by atoms with Gasteiger partial charge in [0.25, 0.3) is 5.91 Å². The second-order valence-corrected chi connectivity index (χ2v) is 5.66. The minimum Gasteiger partial charge on any atom is -0.497 e. The highest BCUT2D eigenvalue weighted by Crippen LogP contribution is 2.29. The average Bonchev–Trinajstić information content (AvgIpc) is 3.03. The first-order valence-corrected chi connectivity index (χ1v) is 7.83. The van der Waals surface area contributed by atoms with Crippen molar-refractivity contribution in [2.45, 2.75) is 26.0 Å². The van der Waals surface area contributed by atoms with Gasteiger partial charge in [-0.05, 0) is 31.5 Å². The van der Waals surface area contributed by atoms with Gasteiger partial charge in [0.05, 0.1) is 17.8 Å². The van der Waals surface area contributed by atoms with Gasteiger partial charge in [0, 0.05) is 18.7 Å².